The highest BCUT2D eigenvalue weighted by molar-refractivity contribution is 5.80. The molecule has 1 aromatic heterocycles. The molecule has 8 nitrogen and oxygen atoms in total. The van der Waals surface area contributed by atoms with Crippen molar-refractivity contribution < 1.29 is 19.4 Å². The molecule has 2 aromatic rings. The molecule has 1 atom stereocenters. The molecule has 2 rings (SSSR count). The maximum Gasteiger partial charge on any atom is 0.408 e. The Kier molecular flexibility index (Phi) is 5.67. The summed E-state index contributed by atoms with van der Waals surface area (Å²) in [5, 5.41) is 19.2. The highest BCUT2D eigenvalue weighted by atomic mass is 16.5. The first-order valence-electron chi connectivity index (χ1n) is 7.17. The molecule has 23 heavy (non-hydrogen) atoms. The number of benzene rings is 1. The van der Waals surface area contributed by atoms with Gasteiger partial charge in [0.1, 0.15) is 12.6 Å². The van der Waals surface area contributed by atoms with Crippen LogP contribution in [0.4, 0.5) is 4.79 Å². The van der Waals surface area contributed by atoms with Crippen LogP contribution in [0.15, 0.2) is 36.5 Å². The Morgan fingerprint density at radius 2 is 2.09 bits per heavy atom. The number of nitrogens with zero attached hydrogens (tertiary/aromatic N) is 3. The largest absolute Gasteiger partial charge is 0.480 e. The molecular weight excluding hydrogens is 300 g/mol. The maximum absolute atomic E-state index is 11.7. The van der Waals surface area contributed by atoms with Crippen molar-refractivity contribution in [3.63, 3.8) is 0 Å². The molecule has 0 aliphatic carbocycles. The summed E-state index contributed by atoms with van der Waals surface area (Å²) in [5.74, 6) is -1.16. The van der Waals surface area contributed by atoms with Crippen LogP contribution in [0, 0.1) is 0 Å². The summed E-state index contributed by atoms with van der Waals surface area (Å²) in [6, 6.07) is 8.01. The van der Waals surface area contributed by atoms with Gasteiger partial charge in [-0.25, -0.2) is 9.59 Å². The summed E-state index contributed by atoms with van der Waals surface area (Å²) in [7, 11) is 0. The topological polar surface area (TPSA) is 106 Å². The Morgan fingerprint density at radius 3 is 2.70 bits per heavy atom. The third kappa shape index (κ3) is 5.10. The maximum atomic E-state index is 11.7. The predicted molar refractivity (Wildman–Crippen MR) is 80.6 cm³/mol. The smallest absolute Gasteiger partial charge is 0.408 e. The average molecular weight is 318 g/mol. The number of aryl methyl sites for hydroxylation is 1. The van der Waals surface area contributed by atoms with Gasteiger partial charge in [-0.1, -0.05) is 35.5 Å². The van der Waals surface area contributed by atoms with Gasteiger partial charge in [0.2, 0.25) is 0 Å². The lowest BCUT2D eigenvalue weighted by Gasteiger charge is -2.13. The van der Waals surface area contributed by atoms with Gasteiger partial charge in [-0.3, -0.25) is 4.68 Å². The third-order valence-electron chi connectivity index (χ3n) is 3.13. The molecule has 0 aliphatic rings. The number of nitrogens with one attached hydrogen (secondary N) is 1. The van der Waals surface area contributed by atoms with Gasteiger partial charge in [-0.2, -0.15) is 0 Å². The summed E-state index contributed by atoms with van der Waals surface area (Å²) in [6.45, 7) is 2.61. The van der Waals surface area contributed by atoms with Crippen LogP contribution in [0.1, 0.15) is 18.2 Å². The zero-order chi connectivity index (χ0) is 16.7. The van der Waals surface area contributed by atoms with Crippen molar-refractivity contribution >= 4 is 12.1 Å². The number of carboxylic acids is 1. The predicted octanol–water partition coefficient (Wildman–Crippen LogP) is 1.22. The number of alkyl carbamates (subject to hydrolysis) is 1. The van der Waals surface area contributed by atoms with Crippen LogP contribution in [0.3, 0.4) is 0 Å². The van der Waals surface area contributed by atoms with Gasteiger partial charge in [0, 0.05) is 19.2 Å². The first-order valence-corrected chi connectivity index (χ1v) is 7.17. The highest BCUT2D eigenvalue weighted by Crippen LogP contribution is 2.03. The Hall–Kier alpha value is -2.90. The van der Waals surface area contributed by atoms with Gasteiger partial charge in [-0.15, -0.1) is 5.10 Å². The van der Waals surface area contributed by atoms with Crippen LogP contribution in [0.5, 0.6) is 0 Å². The van der Waals surface area contributed by atoms with E-state index in [9.17, 15) is 14.7 Å². The van der Waals surface area contributed by atoms with E-state index in [2.05, 4.69) is 15.6 Å². The molecule has 0 bridgehead atoms. The van der Waals surface area contributed by atoms with Crippen LogP contribution < -0.4 is 5.32 Å². The quantitative estimate of drug-likeness (QED) is 0.795. The lowest BCUT2D eigenvalue weighted by molar-refractivity contribution is -0.139. The van der Waals surface area contributed by atoms with E-state index in [1.165, 1.54) is 0 Å². The molecule has 8 heteroatoms. The van der Waals surface area contributed by atoms with E-state index in [1.807, 2.05) is 37.3 Å². The van der Waals surface area contributed by atoms with E-state index in [1.54, 1.807) is 10.9 Å². The summed E-state index contributed by atoms with van der Waals surface area (Å²) >= 11 is 0. The third-order valence-corrected chi connectivity index (χ3v) is 3.13. The standard InChI is InChI=1S/C15H18N4O4/c1-2-19-9-12(17-18-19)8-13(14(20)21)16-15(22)23-10-11-6-4-3-5-7-11/h3-7,9,13H,2,8,10H2,1H3,(H,16,22)(H,20,21). The fraction of sp³-hybridized carbons (Fsp3) is 0.333. The number of carboxylic acid groups (broad SMARTS) is 1. The molecule has 1 amide bonds. The number of ether oxygens (including phenoxy) is 1. The van der Waals surface area contributed by atoms with Gasteiger partial charge in [-0.05, 0) is 12.5 Å². The van der Waals surface area contributed by atoms with Crippen LogP contribution in [-0.4, -0.2) is 38.2 Å². The van der Waals surface area contributed by atoms with Crippen LogP contribution in [0.2, 0.25) is 0 Å². The molecule has 122 valence electrons. The summed E-state index contributed by atoms with van der Waals surface area (Å²) in [4.78, 5) is 23.0. The molecule has 0 fully saturated rings. The SMILES string of the molecule is CCn1cc(CC(NC(=O)OCc2ccccc2)C(=O)O)nn1. The molecular formula is C15H18N4O4. The van der Waals surface area contributed by atoms with E-state index in [4.69, 9.17) is 4.74 Å². The van der Waals surface area contributed by atoms with Crippen molar-refractivity contribution in [2.45, 2.75) is 32.5 Å². The number of aromatic nitrogens is 3. The van der Waals surface area contributed by atoms with Crippen LogP contribution in [0.25, 0.3) is 0 Å². The number of hydrogen-bond donors (Lipinski definition) is 2. The van der Waals surface area contributed by atoms with E-state index >= 15 is 0 Å². The Bertz CT molecular complexity index is 657. The van der Waals surface area contributed by atoms with Crippen LogP contribution in [-0.2, 0) is 29.1 Å². The monoisotopic (exact) mass is 318 g/mol. The van der Waals surface area contributed by atoms with Crippen molar-refractivity contribution in [2.75, 3.05) is 0 Å². The number of amides is 1. The van der Waals surface area contributed by atoms with Gasteiger partial charge in [0.25, 0.3) is 0 Å². The van der Waals surface area contributed by atoms with Crippen LogP contribution >= 0.6 is 0 Å². The minimum atomic E-state index is -1.16. The van der Waals surface area contributed by atoms with Crippen molar-refractivity contribution in [3.8, 4) is 0 Å². The van der Waals surface area contributed by atoms with Gasteiger partial charge < -0.3 is 15.2 Å². The Labute approximate surface area is 133 Å². The Balaban J connectivity index is 1.88. The number of carbonyl (C=O) groups excluding carboxylic acids is 1. The van der Waals surface area contributed by atoms with Gasteiger partial charge >= 0.3 is 12.1 Å². The van der Waals surface area contributed by atoms with Gasteiger partial charge in [0.05, 0.1) is 5.69 Å². The molecule has 0 spiro atoms. The summed E-state index contributed by atoms with van der Waals surface area (Å²) < 4.78 is 6.60. The number of hydrogen-bond acceptors (Lipinski definition) is 5. The van der Waals surface area contributed by atoms with E-state index in [-0.39, 0.29) is 13.0 Å². The van der Waals surface area contributed by atoms with E-state index < -0.39 is 18.1 Å². The number of carbonyl (C=O) groups is 2. The highest BCUT2D eigenvalue weighted by Gasteiger charge is 2.22. The van der Waals surface area contributed by atoms with E-state index in [0.717, 1.165) is 5.56 Å². The van der Waals surface area contributed by atoms with Crippen molar-refractivity contribution in [2.24, 2.45) is 0 Å². The molecule has 2 N–H and O–H groups in total. The molecule has 0 aliphatic heterocycles. The first kappa shape index (κ1) is 16.5. The molecule has 0 saturated heterocycles. The summed E-state index contributed by atoms with van der Waals surface area (Å²) in [5.41, 5.74) is 1.31. The molecule has 0 radical (unpaired) electrons. The summed E-state index contributed by atoms with van der Waals surface area (Å²) in [6.07, 6.45) is 0.895. The molecule has 1 aromatic carbocycles. The van der Waals surface area contributed by atoms with Crippen molar-refractivity contribution in [1.82, 2.24) is 20.3 Å². The van der Waals surface area contributed by atoms with Gasteiger partial charge in [0.15, 0.2) is 0 Å². The normalized spacial score (nSPS) is 11.7. The fourth-order valence-electron chi connectivity index (χ4n) is 1.90. The number of rotatable bonds is 7. The van der Waals surface area contributed by atoms with Crippen molar-refractivity contribution in [1.29, 1.82) is 0 Å². The number of aliphatic carboxylic acids is 1. The second-order valence-corrected chi connectivity index (χ2v) is 4.87. The lowest BCUT2D eigenvalue weighted by Crippen LogP contribution is -2.42. The molecule has 1 unspecified atom stereocenters. The zero-order valence-corrected chi connectivity index (χ0v) is 12.7. The molecule has 0 saturated carbocycles. The Morgan fingerprint density at radius 1 is 1.35 bits per heavy atom. The zero-order valence-electron chi connectivity index (χ0n) is 12.7. The first-order chi connectivity index (χ1) is 11.1. The second kappa shape index (κ2) is 7.92. The molecule has 1 heterocycles. The van der Waals surface area contributed by atoms with E-state index in [0.29, 0.717) is 12.2 Å². The average Bonchev–Trinajstić information content (AvgIpc) is 3.01. The van der Waals surface area contributed by atoms with Crippen molar-refractivity contribution in [3.05, 3.63) is 47.8 Å². The fourth-order valence-corrected chi connectivity index (χ4v) is 1.90. The second-order valence-electron chi connectivity index (χ2n) is 4.87. The minimum absolute atomic E-state index is 0.0375. The lowest BCUT2D eigenvalue weighted by atomic mass is 10.2. The minimum Gasteiger partial charge on any atom is -0.480 e.